The molecule has 1 aromatic carbocycles. The summed E-state index contributed by atoms with van der Waals surface area (Å²) in [6.07, 6.45) is 2.06. The van der Waals surface area contributed by atoms with Crippen LogP contribution in [-0.2, 0) is 22.3 Å². The van der Waals surface area contributed by atoms with Crippen molar-refractivity contribution in [1.82, 2.24) is 19.7 Å². The van der Waals surface area contributed by atoms with Gasteiger partial charge >= 0.3 is 6.01 Å². The number of ether oxygens (including phenoxy) is 1. The molecule has 1 aliphatic rings. The summed E-state index contributed by atoms with van der Waals surface area (Å²) in [5, 5.41) is 0. The Morgan fingerprint density at radius 2 is 1.78 bits per heavy atom. The van der Waals surface area contributed by atoms with Crippen LogP contribution in [0.5, 0.6) is 6.01 Å². The first-order chi connectivity index (χ1) is 12.8. The number of halogens is 2. The van der Waals surface area contributed by atoms with Gasteiger partial charge in [0.15, 0.2) is 5.82 Å². The third-order valence-corrected chi connectivity index (χ3v) is 5.25. The molecule has 0 amide bonds. The summed E-state index contributed by atoms with van der Waals surface area (Å²) in [7, 11) is -2.44. The first-order valence-electron chi connectivity index (χ1n) is 8.31. The molecule has 0 bridgehead atoms. The van der Waals surface area contributed by atoms with Crippen molar-refractivity contribution >= 4 is 16.0 Å². The van der Waals surface area contributed by atoms with E-state index in [0.29, 0.717) is 12.0 Å². The standard InChI is InChI=1S/C16H19F2N5O3S/c1-26-16-21-14(20-15(22-16)23-4-2-3-5-23)9-19-27(24,25)10-11-6-12(17)8-13(18)7-11/h6-8,19H,2-5,9-10H2,1H3. The van der Waals surface area contributed by atoms with E-state index in [2.05, 4.69) is 19.7 Å². The zero-order valence-electron chi connectivity index (χ0n) is 14.7. The van der Waals surface area contributed by atoms with Gasteiger partial charge in [0, 0.05) is 19.2 Å². The van der Waals surface area contributed by atoms with Crippen molar-refractivity contribution < 1.29 is 21.9 Å². The topological polar surface area (TPSA) is 97.3 Å². The Morgan fingerprint density at radius 1 is 1.11 bits per heavy atom. The molecule has 0 atom stereocenters. The van der Waals surface area contributed by atoms with Gasteiger partial charge in [-0.05, 0) is 30.5 Å². The minimum absolute atomic E-state index is 0.00554. The van der Waals surface area contributed by atoms with E-state index in [-0.39, 0.29) is 23.9 Å². The molecule has 1 fully saturated rings. The maximum Gasteiger partial charge on any atom is 0.321 e. The molecule has 1 N–H and O–H groups in total. The third-order valence-electron chi connectivity index (χ3n) is 3.95. The maximum atomic E-state index is 13.2. The van der Waals surface area contributed by atoms with Crippen LogP contribution in [0.3, 0.4) is 0 Å². The molecule has 2 heterocycles. The second-order valence-corrected chi connectivity index (χ2v) is 7.90. The number of rotatable bonds is 7. The number of benzene rings is 1. The van der Waals surface area contributed by atoms with Gasteiger partial charge in [-0.2, -0.15) is 15.0 Å². The van der Waals surface area contributed by atoms with Crippen LogP contribution in [0.1, 0.15) is 24.2 Å². The Bertz CT molecular complexity index is 900. The number of sulfonamides is 1. The molecule has 0 radical (unpaired) electrons. The summed E-state index contributed by atoms with van der Waals surface area (Å²) in [5.74, 6) is -1.61. The normalized spacial score (nSPS) is 14.6. The fraction of sp³-hybridized carbons (Fsp3) is 0.438. The molecule has 0 saturated carbocycles. The lowest BCUT2D eigenvalue weighted by atomic mass is 10.2. The molecule has 146 valence electrons. The second-order valence-electron chi connectivity index (χ2n) is 6.09. The third kappa shape index (κ3) is 5.30. The Kier molecular flexibility index (Phi) is 5.80. The minimum atomic E-state index is -3.86. The van der Waals surface area contributed by atoms with Crippen molar-refractivity contribution in [3.8, 4) is 6.01 Å². The van der Waals surface area contributed by atoms with Gasteiger partial charge in [-0.3, -0.25) is 0 Å². The first kappa shape index (κ1) is 19.4. The Labute approximate surface area is 155 Å². The number of nitrogens with zero attached hydrogens (tertiary/aromatic N) is 4. The quantitative estimate of drug-likeness (QED) is 0.751. The lowest BCUT2D eigenvalue weighted by Gasteiger charge is -2.16. The van der Waals surface area contributed by atoms with Gasteiger partial charge < -0.3 is 9.64 Å². The highest BCUT2D eigenvalue weighted by Gasteiger charge is 2.19. The molecule has 1 saturated heterocycles. The molecular formula is C16H19F2N5O3S. The zero-order valence-corrected chi connectivity index (χ0v) is 15.5. The highest BCUT2D eigenvalue weighted by atomic mass is 32.2. The molecule has 2 aromatic rings. The van der Waals surface area contributed by atoms with Gasteiger partial charge in [-0.1, -0.05) is 0 Å². The number of nitrogens with one attached hydrogen (secondary N) is 1. The highest BCUT2D eigenvalue weighted by molar-refractivity contribution is 7.88. The van der Waals surface area contributed by atoms with Crippen molar-refractivity contribution in [2.24, 2.45) is 0 Å². The van der Waals surface area contributed by atoms with E-state index >= 15 is 0 Å². The molecule has 8 nitrogen and oxygen atoms in total. The van der Waals surface area contributed by atoms with E-state index in [9.17, 15) is 17.2 Å². The highest BCUT2D eigenvalue weighted by Crippen LogP contribution is 2.18. The number of anilines is 1. The summed E-state index contributed by atoms with van der Waals surface area (Å²) in [6, 6.07) is 2.72. The fourth-order valence-electron chi connectivity index (χ4n) is 2.75. The van der Waals surface area contributed by atoms with Crippen molar-refractivity contribution in [1.29, 1.82) is 0 Å². The van der Waals surface area contributed by atoms with Crippen LogP contribution >= 0.6 is 0 Å². The molecule has 0 spiro atoms. The van der Waals surface area contributed by atoms with Gasteiger partial charge in [0.2, 0.25) is 16.0 Å². The fourth-order valence-corrected chi connectivity index (χ4v) is 3.81. The molecule has 0 aliphatic carbocycles. The SMILES string of the molecule is COc1nc(CNS(=O)(=O)Cc2cc(F)cc(F)c2)nc(N2CCCC2)n1. The van der Waals surface area contributed by atoms with Crippen LogP contribution < -0.4 is 14.4 Å². The number of aromatic nitrogens is 3. The van der Waals surface area contributed by atoms with Crippen LogP contribution in [0.4, 0.5) is 14.7 Å². The Hall–Kier alpha value is -2.40. The number of methoxy groups -OCH3 is 1. The summed E-state index contributed by atoms with van der Waals surface area (Å²) in [5.41, 5.74) is 0.00554. The first-order valence-corrected chi connectivity index (χ1v) is 9.96. The zero-order chi connectivity index (χ0) is 19.4. The lowest BCUT2D eigenvalue weighted by Crippen LogP contribution is -2.27. The van der Waals surface area contributed by atoms with Crippen LogP contribution in [0.15, 0.2) is 18.2 Å². The smallest absolute Gasteiger partial charge is 0.321 e. The van der Waals surface area contributed by atoms with E-state index in [1.807, 2.05) is 4.90 Å². The van der Waals surface area contributed by atoms with E-state index < -0.39 is 27.4 Å². The molecule has 11 heteroatoms. The monoisotopic (exact) mass is 399 g/mol. The molecule has 1 aromatic heterocycles. The maximum absolute atomic E-state index is 13.2. The van der Waals surface area contributed by atoms with Crippen molar-refractivity contribution in [3.05, 3.63) is 41.2 Å². The minimum Gasteiger partial charge on any atom is -0.467 e. The van der Waals surface area contributed by atoms with Crippen LogP contribution in [-0.4, -0.2) is 43.6 Å². The van der Waals surface area contributed by atoms with Gasteiger partial charge in [0.05, 0.1) is 19.4 Å². The Balaban J connectivity index is 1.71. The predicted molar refractivity (Wildman–Crippen MR) is 93.6 cm³/mol. The largest absolute Gasteiger partial charge is 0.467 e. The molecule has 0 unspecified atom stereocenters. The van der Waals surface area contributed by atoms with E-state index in [1.165, 1.54) is 7.11 Å². The van der Waals surface area contributed by atoms with Gasteiger partial charge in [0.25, 0.3) is 0 Å². The molecule has 1 aliphatic heterocycles. The lowest BCUT2D eigenvalue weighted by molar-refractivity contribution is 0.375. The van der Waals surface area contributed by atoms with Crippen molar-refractivity contribution in [2.45, 2.75) is 25.1 Å². The molecule has 3 rings (SSSR count). The average molecular weight is 399 g/mol. The average Bonchev–Trinajstić information content (AvgIpc) is 3.13. The van der Waals surface area contributed by atoms with Crippen molar-refractivity contribution in [3.63, 3.8) is 0 Å². The van der Waals surface area contributed by atoms with E-state index in [4.69, 9.17) is 4.74 Å². The van der Waals surface area contributed by atoms with Crippen LogP contribution in [0.2, 0.25) is 0 Å². The summed E-state index contributed by atoms with van der Waals surface area (Å²) in [4.78, 5) is 14.5. The predicted octanol–water partition coefficient (Wildman–Crippen LogP) is 1.38. The van der Waals surface area contributed by atoms with Crippen LogP contribution in [0.25, 0.3) is 0 Å². The van der Waals surface area contributed by atoms with Crippen molar-refractivity contribution in [2.75, 3.05) is 25.1 Å². The van der Waals surface area contributed by atoms with Gasteiger partial charge in [0.1, 0.15) is 11.6 Å². The summed E-state index contributed by atoms with van der Waals surface area (Å²) in [6.45, 7) is 1.42. The second kappa shape index (κ2) is 8.09. The molecular weight excluding hydrogens is 380 g/mol. The Morgan fingerprint density at radius 3 is 2.41 bits per heavy atom. The van der Waals surface area contributed by atoms with E-state index in [1.54, 1.807) is 0 Å². The summed E-state index contributed by atoms with van der Waals surface area (Å²) >= 11 is 0. The number of hydrogen-bond acceptors (Lipinski definition) is 7. The van der Waals surface area contributed by atoms with Gasteiger partial charge in [-0.15, -0.1) is 0 Å². The van der Waals surface area contributed by atoms with Crippen LogP contribution in [0, 0.1) is 11.6 Å². The van der Waals surface area contributed by atoms with E-state index in [0.717, 1.165) is 38.1 Å². The van der Waals surface area contributed by atoms with Gasteiger partial charge in [-0.25, -0.2) is 21.9 Å². The molecule has 27 heavy (non-hydrogen) atoms. The summed E-state index contributed by atoms with van der Waals surface area (Å²) < 4.78 is 58.3. The number of hydrogen-bond donors (Lipinski definition) is 1.